The molecule has 2 N–H and O–H groups in total. The van der Waals surface area contributed by atoms with E-state index in [1.165, 1.54) is 0 Å². The Morgan fingerprint density at radius 2 is 1.92 bits per heavy atom. The molecule has 138 valence electrons. The summed E-state index contributed by atoms with van der Waals surface area (Å²) in [7, 11) is 1.62. The van der Waals surface area contributed by atoms with Crippen LogP contribution >= 0.6 is 0 Å². The van der Waals surface area contributed by atoms with Gasteiger partial charge in [-0.2, -0.15) is 0 Å². The average Bonchev–Trinajstić information content (AvgIpc) is 2.64. The Balaban J connectivity index is 1.56. The topological polar surface area (TPSA) is 59.6 Å². The Labute approximate surface area is 154 Å². The summed E-state index contributed by atoms with van der Waals surface area (Å²) in [4.78, 5) is 12.2. The summed E-state index contributed by atoms with van der Waals surface area (Å²) in [5, 5.41) is 6.22. The van der Waals surface area contributed by atoms with Gasteiger partial charge in [0.25, 0.3) is 0 Å². The first-order chi connectivity index (χ1) is 12.7. The van der Waals surface area contributed by atoms with Crippen molar-refractivity contribution in [2.75, 3.05) is 20.2 Å². The van der Waals surface area contributed by atoms with E-state index < -0.39 is 0 Å². The summed E-state index contributed by atoms with van der Waals surface area (Å²) >= 11 is 0. The Bertz CT molecular complexity index is 729. The highest BCUT2D eigenvalue weighted by Crippen LogP contribution is 2.29. The van der Waals surface area contributed by atoms with E-state index in [0.29, 0.717) is 30.6 Å². The Kier molecular flexibility index (Phi) is 6.12. The number of hydrogen-bond acceptors (Lipinski definition) is 4. The highest BCUT2D eigenvalue weighted by molar-refractivity contribution is 5.78. The normalized spacial score (nSPS) is 15.0. The minimum atomic E-state index is 0.0339. The molecule has 5 nitrogen and oxygen atoms in total. The van der Waals surface area contributed by atoms with Gasteiger partial charge in [0.1, 0.15) is 6.61 Å². The molecule has 0 aromatic heterocycles. The summed E-state index contributed by atoms with van der Waals surface area (Å²) in [5.74, 6) is 1.94. The van der Waals surface area contributed by atoms with Crippen molar-refractivity contribution in [3.05, 3.63) is 59.7 Å². The molecule has 1 amide bonds. The molecule has 2 aromatic carbocycles. The second-order valence-corrected chi connectivity index (χ2v) is 6.68. The quantitative estimate of drug-likeness (QED) is 0.765. The van der Waals surface area contributed by atoms with E-state index in [2.05, 4.69) is 10.6 Å². The monoisotopic (exact) mass is 354 g/mol. The molecule has 1 heterocycles. The van der Waals surface area contributed by atoms with E-state index in [1.54, 1.807) is 7.11 Å². The van der Waals surface area contributed by atoms with Crippen molar-refractivity contribution in [2.45, 2.75) is 20.1 Å². The van der Waals surface area contributed by atoms with Crippen LogP contribution in [0.2, 0.25) is 0 Å². The maximum atomic E-state index is 12.2. The van der Waals surface area contributed by atoms with Gasteiger partial charge in [-0.15, -0.1) is 0 Å². The first kappa shape index (κ1) is 18.3. The van der Waals surface area contributed by atoms with Gasteiger partial charge in [-0.25, -0.2) is 0 Å². The predicted molar refractivity (Wildman–Crippen MR) is 101 cm³/mol. The van der Waals surface area contributed by atoms with Crippen LogP contribution in [-0.2, 0) is 17.9 Å². The van der Waals surface area contributed by atoms with E-state index in [0.717, 1.165) is 24.2 Å². The van der Waals surface area contributed by atoms with Gasteiger partial charge < -0.3 is 20.1 Å². The van der Waals surface area contributed by atoms with Crippen LogP contribution in [0.15, 0.2) is 48.5 Å². The largest absolute Gasteiger partial charge is 0.493 e. The van der Waals surface area contributed by atoms with Crippen LogP contribution in [0.1, 0.15) is 18.1 Å². The molecule has 26 heavy (non-hydrogen) atoms. The van der Waals surface area contributed by atoms with Crippen molar-refractivity contribution in [3.63, 3.8) is 0 Å². The lowest BCUT2D eigenvalue weighted by atomic mass is 9.88. The predicted octanol–water partition coefficient (Wildman–Crippen LogP) is 2.75. The molecule has 0 bridgehead atoms. The molecule has 0 spiro atoms. The summed E-state index contributed by atoms with van der Waals surface area (Å²) < 4.78 is 11.3. The Morgan fingerprint density at radius 1 is 1.15 bits per heavy atom. The molecule has 1 unspecified atom stereocenters. The summed E-state index contributed by atoms with van der Waals surface area (Å²) in [6.07, 6.45) is 0. The zero-order chi connectivity index (χ0) is 18.4. The van der Waals surface area contributed by atoms with Crippen molar-refractivity contribution in [1.82, 2.24) is 10.6 Å². The van der Waals surface area contributed by atoms with Crippen LogP contribution in [0.3, 0.4) is 0 Å². The highest BCUT2D eigenvalue weighted by atomic mass is 16.5. The number of amides is 1. The molecular formula is C21H26N2O3. The molecule has 1 atom stereocenters. The highest BCUT2D eigenvalue weighted by Gasteiger charge is 2.28. The molecule has 0 radical (unpaired) electrons. The minimum Gasteiger partial charge on any atom is -0.493 e. The lowest BCUT2D eigenvalue weighted by molar-refractivity contribution is -0.126. The minimum absolute atomic E-state index is 0.0339. The molecule has 5 heteroatoms. The van der Waals surface area contributed by atoms with Crippen molar-refractivity contribution in [3.8, 4) is 11.5 Å². The van der Waals surface area contributed by atoms with Crippen molar-refractivity contribution in [2.24, 2.45) is 11.8 Å². The molecule has 1 aliphatic heterocycles. The zero-order valence-corrected chi connectivity index (χ0v) is 15.3. The number of rotatable bonds is 8. The van der Waals surface area contributed by atoms with E-state index in [1.807, 2.05) is 55.5 Å². The second-order valence-electron chi connectivity index (χ2n) is 6.68. The first-order valence-corrected chi connectivity index (χ1v) is 8.99. The maximum absolute atomic E-state index is 12.2. The van der Waals surface area contributed by atoms with Crippen LogP contribution in [0.4, 0.5) is 0 Å². The van der Waals surface area contributed by atoms with Gasteiger partial charge in [0.05, 0.1) is 7.11 Å². The zero-order valence-electron chi connectivity index (χ0n) is 15.3. The summed E-state index contributed by atoms with van der Waals surface area (Å²) in [6.45, 7) is 4.81. The first-order valence-electron chi connectivity index (χ1n) is 8.99. The Hall–Kier alpha value is -2.53. The molecule has 0 aliphatic carbocycles. The van der Waals surface area contributed by atoms with Gasteiger partial charge in [-0.05, 0) is 42.3 Å². The summed E-state index contributed by atoms with van der Waals surface area (Å²) in [6, 6.07) is 15.8. The third-order valence-electron chi connectivity index (χ3n) is 4.87. The molecule has 0 saturated carbocycles. The molecule has 1 saturated heterocycles. The number of carbonyl (C=O) groups is 1. The molecule has 1 fully saturated rings. The van der Waals surface area contributed by atoms with Gasteiger partial charge in [-0.3, -0.25) is 4.79 Å². The SMILES string of the molecule is COc1cc(CNC(=O)C(C)C2CNC2)ccc1OCc1ccccc1. The lowest BCUT2D eigenvalue weighted by Gasteiger charge is -2.31. The number of carbonyl (C=O) groups excluding carboxylic acids is 1. The molecular weight excluding hydrogens is 328 g/mol. The number of nitrogens with one attached hydrogen (secondary N) is 2. The molecule has 3 rings (SSSR count). The van der Waals surface area contributed by atoms with Crippen LogP contribution in [0.25, 0.3) is 0 Å². The van der Waals surface area contributed by atoms with Crippen molar-refractivity contribution < 1.29 is 14.3 Å². The molecule has 2 aromatic rings. The van der Waals surface area contributed by atoms with E-state index >= 15 is 0 Å². The fraction of sp³-hybridized carbons (Fsp3) is 0.381. The summed E-state index contributed by atoms with van der Waals surface area (Å²) in [5.41, 5.74) is 2.09. The van der Waals surface area contributed by atoms with Crippen LogP contribution in [-0.4, -0.2) is 26.1 Å². The number of ether oxygens (including phenoxy) is 2. The average molecular weight is 354 g/mol. The van der Waals surface area contributed by atoms with Gasteiger partial charge in [0.2, 0.25) is 5.91 Å². The van der Waals surface area contributed by atoms with Crippen LogP contribution in [0, 0.1) is 11.8 Å². The Morgan fingerprint density at radius 3 is 2.58 bits per heavy atom. The number of benzene rings is 2. The lowest BCUT2D eigenvalue weighted by Crippen LogP contribution is -2.49. The van der Waals surface area contributed by atoms with Crippen molar-refractivity contribution in [1.29, 1.82) is 0 Å². The van der Waals surface area contributed by atoms with Crippen molar-refractivity contribution >= 4 is 5.91 Å². The smallest absolute Gasteiger partial charge is 0.223 e. The number of methoxy groups -OCH3 is 1. The maximum Gasteiger partial charge on any atom is 0.223 e. The van der Waals surface area contributed by atoms with Gasteiger partial charge in [0.15, 0.2) is 11.5 Å². The standard InChI is InChI=1S/C21H26N2O3/c1-15(18-12-22-13-18)21(24)23-11-17-8-9-19(20(10-17)25-2)26-14-16-6-4-3-5-7-16/h3-10,15,18,22H,11-14H2,1-2H3,(H,23,24). The van der Waals surface area contributed by atoms with Crippen LogP contribution in [0.5, 0.6) is 11.5 Å². The number of hydrogen-bond donors (Lipinski definition) is 2. The fourth-order valence-electron chi connectivity index (χ4n) is 2.91. The van der Waals surface area contributed by atoms with E-state index in [9.17, 15) is 4.79 Å². The van der Waals surface area contributed by atoms with E-state index in [4.69, 9.17) is 9.47 Å². The van der Waals surface area contributed by atoms with Gasteiger partial charge >= 0.3 is 0 Å². The van der Waals surface area contributed by atoms with Gasteiger partial charge in [-0.1, -0.05) is 43.3 Å². The van der Waals surface area contributed by atoms with Crippen LogP contribution < -0.4 is 20.1 Å². The third-order valence-corrected chi connectivity index (χ3v) is 4.87. The third kappa shape index (κ3) is 4.55. The molecule has 1 aliphatic rings. The second kappa shape index (κ2) is 8.72. The van der Waals surface area contributed by atoms with Gasteiger partial charge in [0, 0.05) is 12.5 Å². The fourth-order valence-corrected chi connectivity index (χ4v) is 2.91. The van der Waals surface area contributed by atoms with E-state index in [-0.39, 0.29) is 11.8 Å².